The number of nitrogens with zero attached hydrogens (tertiary/aromatic N) is 3. The first-order valence-electron chi connectivity index (χ1n) is 8.91. The number of ether oxygens (including phenoxy) is 1. The van der Waals surface area contributed by atoms with Gasteiger partial charge in [-0.3, -0.25) is 0 Å². The van der Waals surface area contributed by atoms with E-state index in [0.717, 1.165) is 56.0 Å². The van der Waals surface area contributed by atoms with Crippen molar-refractivity contribution in [1.29, 1.82) is 0 Å². The highest BCUT2D eigenvalue weighted by Crippen LogP contribution is 2.28. The second-order valence-electron chi connectivity index (χ2n) is 6.37. The van der Waals surface area contributed by atoms with E-state index in [1.54, 1.807) is 0 Å². The molecule has 0 saturated heterocycles. The van der Waals surface area contributed by atoms with Gasteiger partial charge in [-0.25, -0.2) is 9.98 Å². The Labute approximate surface area is 168 Å². The molecule has 0 radical (unpaired) electrons. The number of rotatable bonds is 10. The summed E-state index contributed by atoms with van der Waals surface area (Å²) in [6.45, 7) is 6.14. The number of hydrogen-bond acceptors (Lipinski definition) is 4. The lowest BCUT2D eigenvalue weighted by Crippen LogP contribution is -2.38. The summed E-state index contributed by atoms with van der Waals surface area (Å²) in [5.74, 6) is 2.64. The lowest BCUT2D eigenvalue weighted by atomic mass is 10.2. The van der Waals surface area contributed by atoms with Crippen LogP contribution in [-0.2, 0) is 11.3 Å². The van der Waals surface area contributed by atoms with Gasteiger partial charge >= 0.3 is 0 Å². The van der Waals surface area contributed by atoms with E-state index in [2.05, 4.69) is 33.6 Å². The van der Waals surface area contributed by atoms with Crippen molar-refractivity contribution in [2.75, 3.05) is 45.3 Å². The maximum atomic E-state index is 5.66. The Kier molecular flexibility index (Phi) is 10.8. The molecule has 0 amide bonds. The van der Waals surface area contributed by atoms with Crippen molar-refractivity contribution in [1.82, 2.24) is 15.6 Å². The topological polar surface area (TPSA) is 61.8 Å². The summed E-state index contributed by atoms with van der Waals surface area (Å²) in [6, 6.07) is 4.02. The van der Waals surface area contributed by atoms with Crippen molar-refractivity contribution in [2.45, 2.75) is 32.7 Å². The molecular weight excluding hydrogens is 429 g/mol. The van der Waals surface area contributed by atoms with E-state index in [9.17, 15) is 0 Å². The average molecular weight is 461 g/mol. The van der Waals surface area contributed by atoms with Crippen LogP contribution in [0.3, 0.4) is 0 Å². The van der Waals surface area contributed by atoms with Crippen molar-refractivity contribution in [3.05, 3.63) is 23.9 Å². The molecule has 2 rings (SSSR count). The van der Waals surface area contributed by atoms with Crippen LogP contribution >= 0.6 is 24.0 Å². The Morgan fingerprint density at radius 2 is 2.16 bits per heavy atom. The molecule has 1 fully saturated rings. The smallest absolute Gasteiger partial charge is 0.191 e. The highest BCUT2D eigenvalue weighted by molar-refractivity contribution is 14.0. The lowest BCUT2D eigenvalue weighted by Gasteiger charge is -2.15. The molecule has 7 heteroatoms. The van der Waals surface area contributed by atoms with Gasteiger partial charge in [-0.15, -0.1) is 24.0 Å². The van der Waals surface area contributed by atoms with Crippen LogP contribution in [0.15, 0.2) is 23.3 Å². The molecule has 6 nitrogen and oxygen atoms in total. The summed E-state index contributed by atoms with van der Waals surface area (Å²) < 4.78 is 5.66. The van der Waals surface area contributed by atoms with Crippen molar-refractivity contribution in [3.8, 4) is 0 Å². The minimum atomic E-state index is 0. The highest BCUT2D eigenvalue weighted by Gasteiger charge is 2.20. The zero-order valence-electron chi connectivity index (χ0n) is 15.6. The zero-order chi connectivity index (χ0) is 17.2. The third-order valence-electron chi connectivity index (χ3n) is 3.85. The summed E-state index contributed by atoms with van der Waals surface area (Å²) >= 11 is 0. The van der Waals surface area contributed by atoms with E-state index in [0.29, 0.717) is 6.54 Å². The standard InChI is InChI=1S/C18H31N5O.HI/c1-4-19-18(21-11-6-12-24-14-15-8-9-15)22-13-16-7-5-10-20-17(16)23(2)3;/h5,7,10,15H,4,6,8-9,11-14H2,1-3H3,(H2,19,21,22);1H. The maximum Gasteiger partial charge on any atom is 0.191 e. The first-order valence-corrected chi connectivity index (χ1v) is 8.91. The first-order chi connectivity index (χ1) is 11.7. The number of pyridine rings is 1. The number of halogens is 1. The van der Waals surface area contributed by atoms with Gasteiger partial charge in [-0.1, -0.05) is 6.07 Å². The van der Waals surface area contributed by atoms with E-state index >= 15 is 0 Å². The number of hydrogen-bond donors (Lipinski definition) is 2. The molecule has 142 valence electrons. The van der Waals surface area contributed by atoms with E-state index < -0.39 is 0 Å². The molecule has 0 aliphatic heterocycles. The monoisotopic (exact) mass is 461 g/mol. The van der Waals surface area contributed by atoms with Crippen LogP contribution in [0.1, 0.15) is 31.7 Å². The first kappa shape index (κ1) is 22.0. The number of aliphatic imine (C=N–C) groups is 1. The number of nitrogens with one attached hydrogen (secondary N) is 2. The molecule has 1 aliphatic rings. The number of guanidine groups is 1. The predicted octanol–water partition coefficient (Wildman–Crippen LogP) is 2.64. The van der Waals surface area contributed by atoms with Gasteiger partial charge in [0.1, 0.15) is 5.82 Å². The van der Waals surface area contributed by atoms with Crippen molar-refractivity contribution in [2.24, 2.45) is 10.9 Å². The highest BCUT2D eigenvalue weighted by atomic mass is 127. The summed E-state index contributed by atoms with van der Waals surface area (Å²) in [6.07, 6.45) is 5.50. The normalized spacial score (nSPS) is 14.0. The molecule has 0 aromatic carbocycles. The van der Waals surface area contributed by atoms with Gasteiger partial charge in [-0.05, 0) is 38.2 Å². The van der Waals surface area contributed by atoms with Crippen molar-refractivity contribution in [3.63, 3.8) is 0 Å². The van der Waals surface area contributed by atoms with Crippen LogP contribution in [0, 0.1) is 5.92 Å². The summed E-state index contributed by atoms with van der Waals surface area (Å²) in [5.41, 5.74) is 1.12. The van der Waals surface area contributed by atoms with Gasteiger partial charge in [0, 0.05) is 52.2 Å². The van der Waals surface area contributed by atoms with Gasteiger partial charge in [0.25, 0.3) is 0 Å². The second-order valence-corrected chi connectivity index (χ2v) is 6.37. The van der Waals surface area contributed by atoms with Gasteiger partial charge in [0.15, 0.2) is 5.96 Å². The molecule has 1 aromatic heterocycles. The van der Waals surface area contributed by atoms with Crippen LogP contribution in [0.25, 0.3) is 0 Å². The fourth-order valence-corrected chi connectivity index (χ4v) is 2.38. The quantitative estimate of drug-likeness (QED) is 0.243. The molecule has 25 heavy (non-hydrogen) atoms. The van der Waals surface area contributed by atoms with E-state index in [1.807, 2.05) is 31.3 Å². The molecule has 2 N–H and O–H groups in total. The van der Waals surface area contributed by atoms with Crippen molar-refractivity contribution < 1.29 is 4.74 Å². The average Bonchev–Trinajstić information content (AvgIpc) is 3.40. The Hall–Kier alpha value is -1.09. The van der Waals surface area contributed by atoms with Gasteiger partial charge in [0.05, 0.1) is 6.54 Å². The molecule has 0 spiro atoms. The fraction of sp³-hybridized carbons (Fsp3) is 0.667. The van der Waals surface area contributed by atoms with Gasteiger partial charge < -0.3 is 20.3 Å². The molecule has 0 bridgehead atoms. The van der Waals surface area contributed by atoms with Gasteiger partial charge in [0.2, 0.25) is 0 Å². The van der Waals surface area contributed by atoms with Crippen LogP contribution < -0.4 is 15.5 Å². The second kappa shape index (κ2) is 12.3. The minimum absolute atomic E-state index is 0. The van der Waals surface area contributed by atoms with Crippen LogP contribution in [0.2, 0.25) is 0 Å². The Bertz CT molecular complexity index is 520. The molecule has 0 atom stereocenters. The Morgan fingerprint density at radius 1 is 1.36 bits per heavy atom. The third-order valence-corrected chi connectivity index (χ3v) is 3.85. The summed E-state index contributed by atoms with van der Waals surface area (Å²) in [7, 11) is 4.00. The van der Waals surface area contributed by atoms with Crippen LogP contribution in [0.5, 0.6) is 0 Å². The molecule has 1 aromatic rings. The van der Waals surface area contributed by atoms with E-state index in [-0.39, 0.29) is 24.0 Å². The van der Waals surface area contributed by atoms with Gasteiger partial charge in [-0.2, -0.15) is 0 Å². The number of aromatic nitrogens is 1. The SMILES string of the molecule is CCNC(=NCc1cccnc1N(C)C)NCCCOCC1CC1.I. The zero-order valence-corrected chi connectivity index (χ0v) is 18.0. The third kappa shape index (κ3) is 8.71. The number of anilines is 1. The molecule has 1 saturated carbocycles. The van der Waals surface area contributed by atoms with E-state index in [4.69, 9.17) is 4.74 Å². The molecular formula is C18H32IN5O. The van der Waals surface area contributed by atoms with E-state index in [1.165, 1.54) is 12.8 Å². The maximum absolute atomic E-state index is 5.66. The Morgan fingerprint density at radius 3 is 2.84 bits per heavy atom. The molecule has 1 aliphatic carbocycles. The largest absolute Gasteiger partial charge is 0.381 e. The summed E-state index contributed by atoms with van der Waals surface area (Å²) in [4.78, 5) is 11.1. The lowest BCUT2D eigenvalue weighted by molar-refractivity contribution is 0.123. The Balaban J connectivity index is 0.00000312. The predicted molar refractivity (Wildman–Crippen MR) is 115 cm³/mol. The molecule has 1 heterocycles. The fourth-order valence-electron chi connectivity index (χ4n) is 2.38. The van der Waals surface area contributed by atoms with Crippen molar-refractivity contribution >= 4 is 35.8 Å². The van der Waals surface area contributed by atoms with Crippen LogP contribution in [0.4, 0.5) is 5.82 Å². The van der Waals surface area contributed by atoms with Crippen LogP contribution in [-0.4, -0.2) is 51.3 Å². The minimum Gasteiger partial charge on any atom is -0.381 e. The summed E-state index contributed by atoms with van der Waals surface area (Å²) in [5, 5.41) is 6.65. The molecule has 0 unspecified atom stereocenters.